The quantitative estimate of drug-likeness (QED) is 0.345. The number of nitrogens with one attached hydrogen (secondary N) is 1. The largest absolute Gasteiger partial charge is 0.342 e. The molecule has 0 unspecified atom stereocenters. The topological polar surface area (TPSA) is 60.0 Å². The number of carbonyl (C=O) groups excluding carboxylic acids is 1. The van der Waals surface area contributed by atoms with Crippen LogP contribution in [0.3, 0.4) is 0 Å². The van der Waals surface area contributed by atoms with Gasteiger partial charge in [-0.05, 0) is 22.4 Å². The van der Waals surface area contributed by atoms with E-state index in [2.05, 4.69) is 40.3 Å². The van der Waals surface area contributed by atoms with Crippen LogP contribution in [0.5, 0.6) is 0 Å². The number of fused-ring (bicyclic) bond motifs is 2. The number of nitrogen functional groups attached to an aromatic ring is 1. The van der Waals surface area contributed by atoms with Gasteiger partial charge in [0, 0.05) is 23.6 Å². The second kappa shape index (κ2) is 5.83. The zero-order valence-electron chi connectivity index (χ0n) is 13.1. The Morgan fingerprint density at radius 3 is 2.46 bits per heavy atom. The molecule has 1 heterocycles. The fraction of sp³-hybridized carbons (Fsp3) is 0.0500. The number of hydrogen-bond donors (Lipinski definition) is 2. The van der Waals surface area contributed by atoms with Crippen LogP contribution in [0.2, 0.25) is 0 Å². The van der Waals surface area contributed by atoms with Gasteiger partial charge in [0.1, 0.15) is 0 Å². The molecule has 4 nitrogen and oxygen atoms in total. The van der Waals surface area contributed by atoms with E-state index in [0.29, 0.717) is 12.1 Å². The summed E-state index contributed by atoms with van der Waals surface area (Å²) in [6.45, 7) is 0.694. The third-order valence-corrected chi connectivity index (χ3v) is 4.38. The first-order valence-corrected chi connectivity index (χ1v) is 7.83. The Balaban J connectivity index is 1.86. The molecule has 0 bridgehead atoms. The summed E-state index contributed by atoms with van der Waals surface area (Å²) < 4.78 is 2.10. The number of hydrogen-bond acceptors (Lipinski definition) is 2. The van der Waals surface area contributed by atoms with Crippen molar-refractivity contribution in [2.45, 2.75) is 6.54 Å². The van der Waals surface area contributed by atoms with Crippen LogP contribution < -0.4 is 11.3 Å². The predicted molar refractivity (Wildman–Crippen MR) is 96.6 cm³/mol. The van der Waals surface area contributed by atoms with E-state index >= 15 is 0 Å². The van der Waals surface area contributed by atoms with Gasteiger partial charge >= 0.3 is 0 Å². The van der Waals surface area contributed by atoms with Crippen molar-refractivity contribution >= 4 is 27.6 Å². The molecule has 3 aromatic carbocycles. The predicted octanol–water partition coefficient (Wildman–Crippen LogP) is 3.45. The first kappa shape index (κ1) is 14.5. The van der Waals surface area contributed by atoms with Crippen LogP contribution in [-0.4, -0.2) is 10.5 Å². The molecule has 4 rings (SSSR count). The molecule has 4 aromatic rings. The Kier molecular flexibility index (Phi) is 3.52. The first-order chi connectivity index (χ1) is 11.8. The minimum atomic E-state index is -0.275. The van der Waals surface area contributed by atoms with Crippen LogP contribution in [0.15, 0.2) is 72.9 Å². The lowest BCUT2D eigenvalue weighted by Crippen LogP contribution is -2.29. The fourth-order valence-electron chi connectivity index (χ4n) is 3.25. The monoisotopic (exact) mass is 315 g/mol. The van der Waals surface area contributed by atoms with E-state index in [4.69, 9.17) is 5.84 Å². The highest BCUT2D eigenvalue weighted by molar-refractivity contribution is 6.06. The second-order valence-corrected chi connectivity index (χ2v) is 5.80. The van der Waals surface area contributed by atoms with Gasteiger partial charge < -0.3 is 4.57 Å². The molecule has 0 aliphatic rings. The van der Waals surface area contributed by atoms with Crippen LogP contribution in [0, 0.1) is 0 Å². The van der Waals surface area contributed by atoms with E-state index in [1.165, 1.54) is 16.3 Å². The summed E-state index contributed by atoms with van der Waals surface area (Å²) >= 11 is 0. The molecular formula is C20H17N3O. The molecule has 0 saturated carbocycles. The van der Waals surface area contributed by atoms with Gasteiger partial charge in [-0.25, -0.2) is 5.84 Å². The number of carbonyl (C=O) groups is 1. The van der Waals surface area contributed by atoms with Gasteiger partial charge in [-0.2, -0.15) is 0 Å². The van der Waals surface area contributed by atoms with E-state index in [1.54, 1.807) is 0 Å². The number of hydrazine groups is 1. The summed E-state index contributed by atoms with van der Waals surface area (Å²) in [5, 5.41) is 3.34. The van der Waals surface area contributed by atoms with Crippen molar-refractivity contribution in [3.63, 3.8) is 0 Å². The van der Waals surface area contributed by atoms with Crippen LogP contribution in [0.4, 0.5) is 0 Å². The highest BCUT2D eigenvalue weighted by atomic mass is 16.2. The molecule has 0 saturated heterocycles. The molecule has 0 aliphatic heterocycles. The number of aromatic nitrogens is 1. The summed E-state index contributed by atoms with van der Waals surface area (Å²) in [4.78, 5) is 12.1. The zero-order valence-corrected chi connectivity index (χ0v) is 13.1. The van der Waals surface area contributed by atoms with Crippen molar-refractivity contribution in [1.29, 1.82) is 0 Å². The lowest BCUT2D eigenvalue weighted by molar-refractivity contribution is 0.0955. The van der Waals surface area contributed by atoms with Gasteiger partial charge in [0.25, 0.3) is 5.91 Å². The van der Waals surface area contributed by atoms with Crippen molar-refractivity contribution in [3.8, 4) is 0 Å². The summed E-state index contributed by atoms with van der Waals surface area (Å²) in [5.74, 6) is 5.05. The molecule has 0 aliphatic carbocycles. The maximum Gasteiger partial charge on any atom is 0.267 e. The Morgan fingerprint density at radius 1 is 0.917 bits per heavy atom. The van der Waals surface area contributed by atoms with E-state index in [0.717, 1.165) is 10.9 Å². The summed E-state index contributed by atoms with van der Waals surface area (Å²) in [5.41, 5.74) is 5.05. The SMILES string of the molecule is NNC(=O)c1cn(Cc2cccc3ccccc23)c2ccccc12. The number of amides is 1. The van der Waals surface area contributed by atoms with Gasteiger partial charge in [0.15, 0.2) is 0 Å². The smallest absolute Gasteiger partial charge is 0.267 e. The zero-order chi connectivity index (χ0) is 16.5. The van der Waals surface area contributed by atoms with Crippen LogP contribution >= 0.6 is 0 Å². The lowest BCUT2D eigenvalue weighted by Gasteiger charge is -2.09. The minimum Gasteiger partial charge on any atom is -0.342 e. The van der Waals surface area contributed by atoms with Gasteiger partial charge in [0.05, 0.1) is 5.56 Å². The molecule has 0 atom stereocenters. The number of para-hydroxylation sites is 1. The maximum atomic E-state index is 12.1. The number of nitrogens with two attached hydrogens (primary N) is 1. The third-order valence-electron chi connectivity index (χ3n) is 4.38. The highest BCUT2D eigenvalue weighted by Crippen LogP contribution is 2.25. The lowest BCUT2D eigenvalue weighted by atomic mass is 10.0. The molecule has 4 heteroatoms. The second-order valence-electron chi connectivity index (χ2n) is 5.80. The molecule has 0 radical (unpaired) electrons. The summed E-state index contributed by atoms with van der Waals surface area (Å²) in [7, 11) is 0. The molecule has 1 aromatic heterocycles. The first-order valence-electron chi connectivity index (χ1n) is 7.83. The Hall–Kier alpha value is -3.11. The van der Waals surface area contributed by atoms with E-state index in [1.807, 2.05) is 42.6 Å². The molecular weight excluding hydrogens is 298 g/mol. The van der Waals surface area contributed by atoms with Crippen molar-refractivity contribution in [1.82, 2.24) is 9.99 Å². The van der Waals surface area contributed by atoms with Crippen LogP contribution in [-0.2, 0) is 6.54 Å². The Bertz CT molecular complexity index is 1040. The number of nitrogens with zero attached hydrogens (tertiary/aromatic N) is 1. The van der Waals surface area contributed by atoms with Gasteiger partial charge in [0.2, 0.25) is 0 Å². The van der Waals surface area contributed by atoms with E-state index < -0.39 is 0 Å². The molecule has 1 amide bonds. The molecule has 24 heavy (non-hydrogen) atoms. The van der Waals surface area contributed by atoms with Crippen molar-refractivity contribution in [2.24, 2.45) is 5.84 Å². The molecule has 0 fully saturated rings. The number of benzene rings is 3. The molecule has 0 spiro atoms. The highest BCUT2D eigenvalue weighted by Gasteiger charge is 2.14. The third kappa shape index (κ3) is 2.33. The summed E-state index contributed by atoms with van der Waals surface area (Å²) in [6.07, 6.45) is 1.87. The van der Waals surface area contributed by atoms with Gasteiger partial charge in [-0.1, -0.05) is 60.7 Å². The average molecular weight is 315 g/mol. The maximum absolute atomic E-state index is 12.1. The minimum absolute atomic E-state index is 0.275. The van der Waals surface area contributed by atoms with Gasteiger partial charge in [-0.15, -0.1) is 0 Å². The Morgan fingerprint density at radius 2 is 1.62 bits per heavy atom. The van der Waals surface area contributed by atoms with Crippen molar-refractivity contribution < 1.29 is 4.79 Å². The van der Waals surface area contributed by atoms with Crippen molar-refractivity contribution in [3.05, 3.63) is 84.1 Å². The van der Waals surface area contributed by atoms with Gasteiger partial charge in [-0.3, -0.25) is 10.2 Å². The standard InChI is InChI=1S/C20H17N3O/c21-22-20(24)18-13-23(19-11-4-3-10-17(18)19)12-15-8-5-7-14-6-1-2-9-16(14)15/h1-11,13H,12,21H2,(H,22,24). The van der Waals surface area contributed by atoms with E-state index in [9.17, 15) is 4.79 Å². The molecule has 3 N–H and O–H groups in total. The molecule has 118 valence electrons. The van der Waals surface area contributed by atoms with Crippen molar-refractivity contribution in [2.75, 3.05) is 0 Å². The summed E-state index contributed by atoms with van der Waals surface area (Å²) in [6, 6.07) is 22.5. The fourth-order valence-corrected chi connectivity index (χ4v) is 3.25. The normalized spacial score (nSPS) is 11.0. The van der Waals surface area contributed by atoms with Crippen LogP contribution in [0.25, 0.3) is 21.7 Å². The van der Waals surface area contributed by atoms with E-state index in [-0.39, 0.29) is 5.91 Å². The number of rotatable bonds is 3. The Labute approximate surface area is 139 Å². The van der Waals surface area contributed by atoms with Crippen LogP contribution in [0.1, 0.15) is 15.9 Å². The average Bonchev–Trinajstić information content (AvgIpc) is 3.00.